The van der Waals surface area contributed by atoms with Gasteiger partial charge in [-0.15, -0.1) is 11.3 Å². The van der Waals surface area contributed by atoms with Crippen molar-refractivity contribution in [1.82, 2.24) is 24.3 Å². The molecule has 0 aliphatic rings. The van der Waals surface area contributed by atoms with Gasteiger partial charge in [-0.25, -0.2) is 9.97 Å². The Hall–Kier alpha value is -3.44. The molecule has 7 nitrogen and oxygen atoms in total. The van der Waals surface area contributed by atoms with Gasteiger partial charge < -0.3 is 5.73 Å². The molecule has 0 atom stereocenters. The second-order valence-electron chi connectivity index (χ2n) is 5.81. The first-order valence-corrected chi connectivity index (χ1v) is 8.75. The van der Waals surface area contributed by atoms with Gasteiger partial charge in [0.25, 0.3) is 0 Å². The van der Waals surface area contributed by atoms with Gasteiger partial charge in [-0.3, -0.25) is 9.25 Å². The summed E-state index contributed by atoms with van der Waals surface area (Å²) < 4.78 is 3.68. The zero-order valence-corrected chi connectivity index (χ0v) is 15.0. The normalized spacial score (nSPS) is 10.8. The van der Waals surface area contributed by atoms with Gasteiger partial charge in [0, 0.05) is 42.1 Å². The highest BCUT2D eigenvalue weighted by atomic mass is 32.1. The summed E-state index contributed by atoms with van der Waals surface area (Å²) >= 11 is 1.52. The molecule has 128 valence electrons. The number of aryl methyl sites for hydroxylation is 2. The lowest BCUT2D eigenvalue weighted by Crippen LogP contribution is -2.02. The number of nitrogen functional groups attached to an aromatic ring is 1. The molecule has 0 saturated heterocycles. The second-order valence-corrected chi connectivity index (χ2v) is 6.68. The lowest BCUT2D eigenvalue weighted by Gasteiger charge is -2.11. The van der Waals surface area contributed by atoms with E-state index in [4.69, 9.17) is 5.73 Å². The van der Waals surface area contributed by atoms with Crippen molar-refractivity contribution in [3.8, 4) is 33.7 Å². The van der Waals surface area contributed by atoms with E-state index < -0.39 is 0 Å². The van der Waals surface area contributed by atoms with Crippen LogP contribution in [0.25, 0.3) is 27.6 Å². The highest BCUT2D eigenvalue weighted by Gasteiger charge is 2.18. The standard InChI is InChI=1S/C18H15N7S/c1-11-14(10-24(2)23-11)15-8-12(13(9-19)17(20)22-15)16-4-3-6-25(16)18-21-5-7-26-18/h3-8,10H,1-2H3,(H2,20,22). The van der Waals surface area contributed by atoms with Crippen molar-refractivity contribution >= 4 is 17.2 Å². The average Bonchev–Trinajstić information content (AvgIpc) is 3.34. The van der Waals surface area contributed by atoms with Crippen LogP contribution in [0, 0.1) is 18.3 Å². The van der Waals surface area contributed by atoms with Crippen LogP contribution in [0.15, 0.2) is 42.2 Å². The maximum Gasteiger partial charge on any atom is 0.193 e. The molecule has 4 aromatic heterocycles. The molecule has 0 aromatic carbocycles. The van der Waals surface area contributed by atoms with E-state index in [0.29, 0.717) is 11.3 Å². The smallest absolute Gasteiger partial charge is 0.193 e. The van der Waals surface area contributed by atoms with E-state index in [9.17, 15) is 5.26 Å². The minimum absolute atomic E-state index is 0.204. The quantitative estimate of drug-likeness (QED) is 0.604. The molecule has 0 bridgehead atoms. The predicted molar refractivity (Wildman–Crippen MR) is 101 cm³/mol. The molecule has 0 fully saturated rings. The first-order chi connectivity index (χ1) is 12.6. The van der Waals surface area contributed by atoms with Crippen molar-refractivity contribution in [3.63, 3.8) is 0 Å². The number of pyridine rings is 1. The van der Waals surface area contributed by atoms with Crippen LogP contribution < -0.4 is 5.73 Å². The molecule has 0 unspecified atom stereocenters. The summed E-state index contributed by atoms with van der Waals surface area (Å²) in [5.74, 6) is 0.204. The largest absolute Gasteiger partial charge is 0.383 e. The lowest BCUT2D eigenvalue weighted by atomic mass is 10.0. The monoisotopic (exact) mass is 361 g/mol. The first kappa shape index (κ1) is 16.1. The van der Waals surface area contributed by atoms with Gasteiger partial charge in [0.2, 0.25) is 0 Å². The molecule has 2 N–H and O–H groups in total. The van der Waals surface area contributed by atoms with Gasteiger partial charge in [-0.05, 0) is 25.1 Å². The van der Waals surface area contributed by atoms with E-state index in [0.717, 1.165) is 27.6 Å². The summed E-state index contributed by atoms with van der Waals surface area (Å²) in [5.41, 5.74) is 10.5. The van der Waals surface area contributed by atoms with E-state index in [1.165, 1.54) is 11.3 Å². The number of aromatic nitrogens is 5. The van der Waals surface area contributed by atoms with Crippen molar-refractivity contribution in [3.05, 3.63) is 53.4 Å². The average molecular weight is 361 g/mol. The van der Waals surface area contributed by atoms with Crippen LogP contribution in [0.4, 0.5) is 5.82 Å². The summed E-state index contributed by atoms with van der Waals surface area (Å²) in [6, 6.07) is 7.93. The van der Waals surface area contributed by atoms with Crippen LogP contribution in [-0.4, -0.2) is 24.3 Å². The third kappa shape index (κ3) is 2.55. The Morgan fingerprint density at radius 3 is 2.81 bits per heavy atom. The zero-order chi connectivity index (χ0) is 18.3. The fourth-order valence-electron chi connectivity index (χ4n) is 2.98. The molecule has 0 spiro atoms. The van der Waals surface area contributed by atoms with Gasteiger partial charge in [0.05, 0.1) is 17.1 Å². The number of anilines is 1. The maximum absolute atomic E-state index is 9.63. The van der Waals surface area contributed by atoms with E-state index in [2.05, 4.69) is 21.1 Å². The molecular formula is C18H15N7S. The van der Waals surface area contributed by atoms with Crippen molar-refractivity contribution in [2.24, 2.45) is 7.05 Å². The van der Waals surface area contributed by atoms with Gasteiger partial charge in [-0.2, -0.15) is 10.4 Å². The molecule has 4 heterocycles. The molecule has 0 aliphatic carbocycles. The maximum atomic E-state index is 9.63. The Morgan fingerprint density at radius 1 is 1.31 bits per heavy atom. The van der Waals surface area contributed by atoms with Gasteiger partial charge >= 0.3 is 0 Å². The van der Waals surface area contributed by atoms with Crippen LogP contribution in [0.1, 0.15) is 11.3 Å². The molecule has 4 aromatic rings. The topological polar surface area (TPSA) is 98.3 Å². The number of nitrogens with zero attached hydrogens (tertiary/aromatic N) is 6. The number of thiazole rings is 1. The van der Waals surface area contributed by atoms with Crippen LogP contribution in [0.3, 0.4) is 0 Å². The Labute approximate surface area is 154 Å². The van der Waals surface area contributed by atoms with Crippen molar-refractivity contribution in [1.29, 1.82) is 5.26 Å². The highest BCUT2D eigenvalue weighted by molar-refractivity contribution is 7.12. The van der Waals surface area contributed by atoms with E-state index in [1.807, 2.05) is 54.5 Å². The Kier molecular flexibility index (Phi) is 3.78. The Morgan fingerprint density at radius 2 is 2.15 bits per heavy atom. The first-order valence-electron chi connectivity index (χ1n) is 7.87. The lowest BCUT2D eigenvalue weighted by molar-refractivity contribution is 0.756. The van der Waals surface area contributed by atoms with Crippen molar-refractivity contribution < 1.29 is 0 Å². The SMILES string of the molecule is Cc1nn(C)cc1-c1cc(-c2cccn2-c2nccs2)c(C#N)c(N)n1. The second kappa shape index (κ2) is 6.13. The number of nitrogens with two attached hydrogens (primary N) is 1. The minimum atomic E-state index is 0.204. The van der Waals surface area contributed by atoms with E-state index >= 15 is 0 Å². The highest BCUT2D eigenvalue weighted by Crippen LogP contribution is 2.33. The summed E-state index contributed by atoms with van der Waals surface area (Å²) in [4.78, 5) is 8.79. The van der Waals surface area contributed by atoms with E-state index in [1.54, 1.807) is 10.9 Å². The van der Waals surface area contributed by atoms with Crippen LogP contribution in [0.5, 0.6) is 0 Å². The van der Waals surface area contributed by atoms with Crippen molar-refractivity contribution in [2.45, 2.75) is 6.92 Å². The molecule has 0 saturated carbocycles. The van der Waals surface area contributed by atoms with E-state index in [-0.39, 0.29) is 5.82 Å². The third-order valence-electron chi connectivity index (χ3n) is 4.10. The molecule has 26 heavy (non-hydrogen) atoms. The summed E-state index contributed by atoms with van der Waals surface area (Å²) in [5, 5.41) is 16.7. The fraction of sp³-hybridized carbons (Fsp3) is 0.111. The van der Waals surface area contributed by atoms with Gasteiger partial charge in [0.1, 0.15) is 17.5 Å². The summed E-state index contributed by atoms with van der Waals surface area (Å²) in [6.07, 6.45) is 5.56. The number of hydrogen-bond acceptors (Lipinski definition) is 6. The number of hydrogen-bond donors (Lipinski definition) is 1. The fourth-order valence-corrected chi connectivity index (χ4v) is 3.61. The van der Waals surface area contributed by atoms with Crippen molar-refractivity contribution in [2.75, 3.05) is 5.73 Å². The van der Waals surface area contributed by atoms with Crippen LogP contribution in [-0.2, 0) is 7.05 Å². The molecule has 4 rings (SSSR count). The number of nitriles is 1. The van der Waals surface area contributed by atoms with Gasteiger partial charge in [-0.1, -0.05) is 0 Å². The molecule has 0 aliphatic heterocycles. The molecule has 8 heteroatoms. The number of rotatable bonds is 3. The van der Waals surface area contributed by atoms with Crippen LogP contribution in [0.2, 0.25) is 0 Å². The third-order valence-corrected chi connectivity index (χ3v) is 4.87. The summed E-state index contributed by atoms with van der Waals surface area (Å²) in [6.45, 7) is 1.92. The van der Waals surface area contributed by atoms with Gasteiger partial charge in [0.15, 0.2) is 5.13 Å². The molecule has 0 radical (unpaired) electrons. The van der Waals surface area contributed by atoms with Crippen LogP contribution >= 0.6 is 11.3 Å². The minimum Gasteiger partial charge on any atom is -0.383 e. The molecular weight excluding hydrogens is 346 g/mol. The predicted octanol–water partition coefficient (Wildman–Crippen LogP) is 3.16. The summed E-state index contributed by atoms with van der Waals surface area (Å²) in [7, 11) is 1.86. The molecule has 0 amide bonds. The Balaban J connectivity index is 1.96. The zero-order valence-electron chi connectivity index (χ0n) is 14.2. The Bertz CT molecular complexity index is 1130.